The minimum absolute atomic E-state index is 0.284. The van der Waals surface area contributed by atoms with Crippen LogP contribution >= 0.6 is 0 Å². The number of aliphatic hydroxyl groups is 1. The van der Waals surface area contributed by atoms with E-state index >= 15 is 0 Å². The van der Waals surface area contributed by atoms with Crippen molar-refractivity contribution < 1.29 is 24.1 Å². The fourth-order valence-corrected chi connectivity index (χ4v) is 1.74. The Balaban J connectivity index is 2.23. The summed E-state index contributed by atoms with van der Waals surface area (Å²) in [5, 5.41) is 12.7. The number of ether oxygens (including phenoxy) is 4. The van der Waals surface area contributed by atoms with Gasteiger partial charge in [-0.3, -0.25) is 0 Å². The number of nitrogens with one attached hydrogen (secondary N) is 1. The van der Waals surface area contributed by atoms with E-state index in [9.17, 15) is 5.11 Å². The Kier molecular flexibility index (Phi) is 9.06. The van der Waals surface area contributed by atoms with Gasteiger partial charge in [-0.2, -0.15) is 0 Å². The van der Waals surface area contributed by atoms with Gasteiger partial charge in [0.25, 0.3) is 0 Å². The number of hydrogen-bond donors (Lipinski definition) is 2. The van der Waals surface area contributed by atoms with Crippen molar-refractivity contribution in [2.75, 3.05) is 47.1 Å². The second-order valence-electron chi connectivity index (χ2n) is 4.55. The zero-order chi connectivity index (χ0) is 16.2. The Labute approximate surface area is 131 Å². The lowest BCUT2D eigenvalue weighted by Crippen LogP contribution is -2.32. The summed E-state index contributed by atoms with van der Waals surface area (Å²) in [6, 6.07) is 5.38. The van der Waals surface area contributed by atoms with E-state index in [0.29, 0.717) is 43.6 Å². The van der Waals surface area contributed by atoms with E-state index in [4.69, 9.17) is 18.9 Å². The third-order valence-electron chi connectivity index (χ3n) is 2.83. The number of methoxy groups -OCH3 is 2. The highest BCUT2D eigenvalue weighted by atomic mass is 16.5. The molecule has 0 spiro atoms. The van der Waals surface area contributed by atoms with Crippen molar-refractivity contribution in [3.8, 4) is 17.2 Å². The van der Waals surface area contributed by atoms with Crippen molar-refractivity contribution in [1.29, 1.82) is 0 Å². The molecule has 6 nitrogen and oxygen atoms in total. The van der Waals surface area contributed by atoms with E-state index in [1.165, 1.54) is 0 Å². The topological polar surface area (TPSA) is 69.2 Å². The monoisotopic (exact) mass is 311 g/mol. The molecule has 22 heavy (non-hydrogen) atoms. The Morgan fingerprint density at radius 1 is 1.27 bits per heavy atom. The molecular weight excluding hydrogens is 286 g/mol. The van der Waals surface area contributed by atoms with E-state index in [1.54, 1.807) is 32.4 Å². The maximum Gasteiger partial charge on any atom is 0.164 e. The van der Waals surface area contributed by atoms with Crippen LogP contribution in [0.5, 0.6) is 17.2 Å². The number of rotatable bonds is 12. The summed E-state index contributed by atoms with van der Waals surface area (Å²) in [7, 11) is 3.18. The van der Waals surface area contributed by atoms with Gasteiger partial charge in [-0.1, -0.05) is 6.08 Å². The molecule has 0 saturated carbocycles. The van der Waals surface area contributed by atoms with E-state index in [1.807, 2.05) is 6.07 Å². The summed E-state index contributed by atoms with van der Waals surface area (Å²) in [6.45, 7) is 5.78. The molecule has 0 amide bonds. The molecule has 0 unspecified atom stereocenters. The Hall–Kier alpha value is -1.76. The van der Waals surface area contributed by atoms with Crippen LogP contribution in [0.1, 0.15) is 0 Å². The van der Waals surface area contributed by atoms with Crippen LogP contribution in [0.3, 0.4) is 0 Å². The second-order valence-corrected chi connectivity index (χ2v) is 4.55. The third-order valence-corrected chi connectivity index (χ3v) is 2.83. The number of benzene rings is 1. The van der Waals surface area contributed by atoms with Gasteiger partial charge in [0.05, 0.1) is 33.5 Å². The number of hydrogen-bond acceptors (Lipinski definition) is 6. The summed E-state index contributed by atoms with van der Waals surface area (Å²) >= 11 is 0. The second kappa shape index (κ2) is 10.9. The molecule has 0 bridgehead atoms. The average molecular weight is 311 g/mol. The molecule has 6 heteroatoms. The van der Waals surface area contributed by atoms with Crippen LogP contribution < -0.4 is 19.5 Å². The van der Waals surface area contributed by atoms with E-state index in [2.05, 4.69) is 11.9 Å². The van der Waals surface area contributed by atoms with Crippen molar-refractivity contribution in [3.63, 3.8) is 0 Å². The summed E-state index contributed by atoms with van der Waals surface area (Å²) in [6.07, 6.45) is 1.10. The molecule has 124 valence electrons. The Morgan fingerprint density at radius 3 is 2.77 bits per heavy atom. The first-order chi connectivity index (χ1) is 10.7. The first-order valence-electron chi connectivity index (χ1n) is 7.13. The Morgan fingerprint density at radius 2 is 2.09 bits per heavy atom. The molecule has 0 aromatic heterocycles. The largest absolute Gasteiger partial charge is 0.497 e. The van der Waals surface area contributed by atoms with Crippen LogP contribution in [0.25, 0.3) is 0 Å². The van der Waals surface area contributed by atoms with Crippen molar-refractivity contribution in [3.05, 3.63) is 30.9 Å². The predicted molar refractivity (Wildman–Crippen MR) is 84.9 cm³/mol. The van der Waals surface area contributed by atoms with Crippen LogP contribution in [0.15, 0.2) is 30.9 Å². The molecule has 0 fully saturated rings. The normalized spacial score (nSPS) is 11.8. The lowest BCUT2D eigenvalue weighted by atomic mass is 10.3. The van der Waals surface area contributed by atoms with E-state index in [0.717, 1.165) is 0 Å². The van der Waals surface area contributed by atoms with Gasteiger partial charge in [-0.15, -0.1) is 6.58 Å². The maximum absolute atomic E-state index is 9.64. The Bertz CT molecular complexity index is 439. The third kappa shape index (κ3) is 6.80. The SMILES string of the molecule is C=CCOC[C@@H](O)CNCCOc1ccc(OC)cc1OC. The van der Waals surface area contributed by atoms with Gasteiger partial charge in [0, 0.05) is 19.2 Å². The first kappa shape index (κ1) is 18.3. The van der Waals surface area contributed by atoms with E-state index in [-0.39, 0.29) is 6.61 Å². The molecule has 0 aliphatic rings. The summed E-state index contributed by atoms with van der Waals surface area (Å²) in [5.41, 5.74) is 0. The van der Waals surface area contributed by atoms with E-state index < -0.39 is 6.10 Å². The standard InChI is InChI=1S/C16H25NO5/c1-4-8-21-12-13(18)11-17-7-9-22-15-6-5-14(19-2)10-16(15)20-3/h4-6,10,13,17-18H,1,7-9,11-12H2,2-3H3/t13-/m0/s1. The molecule has 0 aliphatic heterocycles. The molecule has 1 aromatic carbocycles. The van der Waals surface area contributed by atoms with Crippen LogP contribution in [0.2, 0.25) is 0 Å². The minimum atomic E-state index is -0.546. The van der Waals surface area contributed by atoms with Gasteiger partial charge in [-0.25, -0.2) is 0 Å². The molecule has 0 aliphatic carbocycles. The van der Waals surface area contributed by atoms with Gasteiger partial charge in [0.1, 0.15) is 12.4 Å². The van der Waals surface area contributed by atoms with Crippen LogP contribution in [0.4, 0.5) is 0 Å². The van der Waals surface area contributed by atoms with Crippen molar-refractivity contribution >= 4 is 0 Å². The van der Waals surface area contributed by atoms with Gasteiger partial charge in [0.15, 0.2) is 11.5 Å². The molecule has 1 aromatic rings. The van der Waals surface area contributed by atoms with Gasteiger partial charge in [0.2, 0.25) is 0 Å². The van der Waals surface area contributed by atoms with Gasteiger partial charge >= 0.3 is 0 Å². The van der Waals surface area contributed by atoms with Crippen LogP contribution in [-0.2, 0) is 4.74 Å². The lowest BCUT2D eigenvalue weighted by molar-refractivity contribution is 0.0491. The fraction of sp³-hybridized carbons (Fsp3) is 0.500. The molecule has 0 saturated heterocycles. The zero-order valence-corrected chi connectivity index (χ0v) is 13.2. The fourth-order valence-electron chi connectivity index (χ4n) is 1.74. The number of aliphatic hydroxyl groups excluding tert-OH is 1. The highest BCUT2D eigenvalue weighted by Gasteiger charge is 2.06. The molecule has 2 N–H and O–H groups in total. The predicted octanol–water partition coefficient (Wildman–Crippen LogP) is 1.24. The van der Waals surface area contributed by atoms with Crippen LogP contribution in [0, 0.1) is 0 Å². The highest BCUT2D eigenvalue weighted by molar-refractivity contribution is 5.45. The average Bonchev–Trinajstić information content (AvgIpc) is 2.54. The summed E-state index contributed by atoms with van der Waals surface area (Å²) < 4.78 is 21.2. The quantitative estimate of drug-likeness (QED) is 0.447. The molecule has 0 heterocycles. The van der Waals surface area contributed by atoms with Crippen molar-refractivity contribution in [2.45, 2.75) is 6.10 Å². The minimum Gasteiger partial charge on any atom is -0.497 e. The molecular formula is C16H25NO5. The molecule has 1 rings (SSSR count). The summed E-state index contributed by atoms with van der Waals surface area (Å²) in [5.74, 6) is 1.99. The van der Waals surface area contributed by atoms with Crippen molar-refractivity contribution in [1.82, 2.24) is 5.32 Å². The first-order valence-corrected chi connectivity index (χ1v) is 7.13. The smallest absolute Gasteiger partial charge is 0.164 e. The van der Waals surface area contributed by atoms with Gasteiger partial charge < -0.3 is 29.4 Å². The zero-order valence-electron chi connectivity index (χ0n) is 13.2. The van der Waals surface area contributed by atoms with Crippen LogP contribution in [-0.4, -0.2) is 58.3 Å². The highest BCUT2D eigenvalue weighted by Crippen LogP contribution is 2.30. The lowest BCUT2D eigenvalue weighted by Gasteiger charge is -2.14. The van der Waals surface area contributed by atoms with Gasteiger partial charge in [-0.05, 0) is 12.1 Å². The summed E-state index contributed by atoms with van der Waals surface area (Å²) in [4.78, 5) is 0. The maximum atomic E-state index is 9.64. The molecule has 0 radical (unpaired) electrons. The van der Waals surface area contributed by atoms with Crippen molar-refractivity contribution in [2.24, 2.45) is 0 Å². The molecule has 1 atom stereocenters.